The van der Waals surface area contributed by atoms with Gasteiger partial charge in [0.25, 0.3) is 0 Å². The first-order valence-corrected chi connectivity index (χ1v) is 12.3. The van der Waals surface area contributed by atoms with Crippen molar-refractivity contribution in [1.29, 1.82) is 0 Å². The number of allylic oxidation sites excluding steroid dienone is 3. The van der Waals surface area contributed by atoms with E-state index in [1.165, 1.54) is 16.7 Å². The molecule has 0 amide bonds. The highest BCUT2D eigenvalue weighted by Crippen LogP contribution is 2.71. The lowest BCUT2D eigenvalue weighted by Crippen LogP contribution is -2.63. The lowest BCUT2D eigenvalue weighted by molar-refractivity contribution is -0.170. The van der Waals surface area contributed by atoms with Crippen molar-refractivity contribution in [2.24, 2.45) is 16.7 Å². The lowest BCUT2D eigenvalue weighted by Gasteiger charge is -2.60. The molecule has 6 rings (SSSR count). The first-order valence-electron chi connectivity index (χ1n) is 12.3. The lowest BCUT2D eigenvalue weighted by atomic mass is 9.49. The number of hydrogen-bond acceptors (Lipinski definition) is 5. The zero-order valence-corrected chi connectivity index (χ0v) is 20.4. The molecule has 2 bridgehead atoms. The Hall–Kier alpha value is -1.79. The Morgan fingerprint density at radius 1 is 1.15 bits per heavy atom. The van der Waals surface area contributed by atoms with Gasteiger partial charge in [0.05, 0.1) is 17.3 Å². The summed E-state index contributed by atoms with van der Waals surface area (Å²) in [7, 11) is 3.96. The van der Waals surface area contributed by atoms with Crippen LogP contribution in [0.5, 0.6) is 0 Å². The zero-order chi connectivity index (χ0) is 23.4. The molecular weight excluding hydrogens is 412 g/mol. The van der Waals surface area contributed by atoms with E-state index in [9.17, 15) is 10.2 Å². The normalized spacial score (nSPS) is 45.0. The molecule has 2 N–H and O–H groups in total. The van der Waals surface area contributed by atoms with Gasteiger partial charge in [-0.3, -0.25) is 4.98 Å². The monoisotopic (exact) mass is 448 g/mol. The van der Waals surface area contributed by atoms with Gasteiger partial charge in [-0.25, -0.2) is 0 Å². The fraction of sp³-hybridized carbons (Fsp3) is 0.607. The molecule has 0 aromatic carbocycles. The number of hydrogen-bond donors (Lipinski definition) is 2. The summed E-state index contributed by atoms with van der Waals surface area (Å²) in [6.45, 7) is 7.08. The number of fused-ring (bicyclic) bond motifs is 1. The number of ether oxygens (including phenoxy) is 1. The number of rotatable bonds is 2. The Kier molecular flexibility index (Phi) is 4.38. The van der Waals surface area contributed by atoms with Gasteiger partial charge < -0.3 is 19.8 Å². The van der Waals surface area contributed by atoms with Gasteiger partial charge in [0.15, 0.2) is 0 Å². The first kappa shape index (κ1) is 21.7. The van der Waals surface area contributed by atoms with Crippen LogP contribution in [-0.4, -0.2) is 63.6 Å². The molecule has 0 radical (unpaired) electrons. The van der Waals surface area contributed by atoms with E-state index in [-0.39, 0.29) is 22.5 Å². The van der Waals surface area contributed by atoms with Gasteiger partial charge in [-0.05, 0) is 73.5 Å². The standard InChI is InChI=1S/C28H36N2O3/c1-25(2)14-18-13-20-23(31)24(32)21(30(4)5)15-27(20)10-11-28(18,33-27)22-9-8-19(26(22,25)3)17-7-6-12-29-16-17/h6-8,12-14,16,21-24,31-32H,9-11,15H2,1-5H3/t21-,22?,23+,24+,26+,27+,28+/m0/s1. The number of aromatic nitrogens is 1. The number of pyridine rings is 1. The van der Waals surface area contributed by atoms with E-state index >= 15 is 0 Å². The highest BCUT2D eigenvalue weighted by molar-refractivity contribution is 5.75. The van der Waals surface area contributed by atoms with E-state index < -0.39 is 17.8 Å². The molecule has 1 unspecified atom stereocenters. The average molecular weight is 449 g/mol. The summed E-state index contributed by atoms with van der Waals surface area (Å²) in [4.78, 5) is 6.45. The predicted octanol–water partition coefficient (Wildman–Crippen LogP) is 3.74. The molecule has 176 valence electrons. The van der Waals surface area contributed by atoms with Crippen molar-refractivity contribution >= 4 is 5.57 Å². The maximum absolute atomic E-state index is 11.2. The molecule has 1 aromatic heterocycles. The van der Waals surface area contributed by atoms with E-state index in [1.54, 1.807) is 0 Å². The molecule has 1 saturated heterocycles. The predicted molar refractivity (Wildman–Crippen MR) is 128 cm³/mol. The van der Waals surface area contributed by atoms with Crippen LogP contribution in [0.2, 0.25) is 0 Å². The quantitative estimate of drug-likeness (QED) is 0.722. The third-order valence-electron chi connectivity index (χ3n) is 10.0. The second kappa shape index (κ2) is 6.66. The average Bonchev–Trinajstić information content (AvgIpc) is 3.30. The Bertz CT molecular complexity index is 1090. The molecule has 5 aliphatic rings. The van der Waals surface area contributed by atoms with Crippen LogP contribution in [0.4, 0.5) is 0 Å². The van der Waals surface area contributed by atoms with Crippen LogP contribution >= 0.6 is 0 Å². The minimum atomic E-state index is -0.896. The molecule has 33 heavy (non-hydrogen) atoms. The Labute approximate surface area is 196 Å². The van der Waals surface area contributed by atoms with Crippen LogP contribution in [0, 0.1) is 16.7 Å². The summed E-state index contributed by atoms with van der Waals surface area (Å²) in [6, 6.07) is 4.07. The van der Waals surface area contributed by atoms with E-state index in [2.05, 4.69) is 50.0 Å². The highest BCUT2D eigenvalue weighted by Gasteiger charge is 2.70. The second-order valence-corrected chi connectivity index (χ2v) is 11.9. The molecule has 1 aromatic rings. The topological polar surface area (TPSA) is 65.8 Å². The Balaban J connectivity index is 1.50. The third kappa shape index (κ3) is 2.54. The van der Waals surface area contributed by atoms with Crippen LogP contribution in [-0.2, 0) is 4.74 Å². The Morgan fingerprint density at radius 2 is 1.94 bits per heavy atom. The zero-order valence-electron chi connectivity index (χ0n) is 20.4. The maximum Gasteiger partial charge on any atom is 0.105 e. The summed E-state index contributed by atoms with van der Waals surface area (Å²) in [5.74, 6) is 0.314. The van der Waals surface area contributed by atoms with E-state index in [1.807, 2.05) is 37.5 Å². The van der Waals surface area contributed by atoms with Gasteiger partial charge in [0, 0.05) is 29.8 Å². The number of nitrogens with zero attached hydrogens (tertiary/aromatic N) is 2. The number of aliphatic hydroxyl groups excluding tert-OH is 2. The summed E-state index contributed by atoms with van der Waals surface area (Å²) < 4.78 is 7.25. The van der Waals surface area contributed by atoms with Gasteiger partial charge in [0.2, 0.25) is 0 Å². The fourth-order valence-electron chi connectivity index (χ4n) is 8.04. The molecule has 3 heterocycles. The summed E-state index contributed by atoms with van der Waals surface area (Å²) in [5, 5.41) is 22.1. The van der Waals surface area contributed by atoms with E-state index in [0.29, 0.717) is 5.92 Å². The van der Waals surface area contributed by atoms with Crippen molar-refractivity contribution in [1.82, 2.24) is 9.88 Å². The number of aliphatic hydroxyl groups is 2. The smallest absolute Gasteiger partial charge is 0.105 e. The van der Waals surface area contributed by atoms with Crippen LogP contribution < -0.4 is 0 Å². The van der Waals surface area contributed by atoms with Crippen LogP contribution in [0.15, 0.2) is 53.9 Å². The molecule has 1 saturated carbocycles. The van der Waals surface area contributed by atoms with Crippen LogP contribution in [0.1, 0.15) is 52.0 Å². The summed E-state index contributed by atoms with van der Waals surface area (Å²) >= 11 is 0. The van der Waals surface area contributed by atoms with E-state index in [0.717, 1.165) is 31.3 Å². The van der Waals surface area contributed by atoms with Crippen molar-refractivity contribution in [3.8, 4) is 0 Å². The molecule has 2 fully saturated rings. The molecule has 2 spiro atoms. The van der Waals surface area contributed by atoms with Gasteiger partial charge in [-0.15, -0.1) is 0 Å². The van der Waals surface area contributed by atoms with Crippen molar-refractivity contribution in [2.45, 2.75) is 75.9 Å². The minimum Gasteiger partial charge on any atom is -0.388 e. The van der Waals surface area contributed by atoms with Gasteiger partial charge in [-0.2, -0.15) is 0 Å². The molecular formula is C28H36N2O3. The van der Waals surface area contributed by atoms with Gasteiger partial charge >= 0.3 is 0 Å². The van der Waals surface area contributed by atoms with Gasteiger partial charge in [0.1, 0.15) is 6.10 Å². The SMILES string of the molecule is CN(C)[C@H]1C[C@@]23CC[C@@]4(O2)C(=CC(C)(C)[C@]2(C)C(c5cccnc5)=CCC42)C=C3[C@@H](O)[C@@H]1O. The minimum absolute atomic E-state index is 0.0931. The number of likely N-dealkylation sites (N-methyl/N-ethyl adjacent to an activating group) is 1. The van der Waals surface area contributed by atoms with Crippen LogP contribution in [0.3, 0.4) is 0 Å². The largest absolute Gasteiger partial charge is 0.388 e. The molecule has 5 heteroatoms. The summed E-state index contributed by atoms with van der Waals surface area (Å²) in [6.07, 6.45) is 12.7. The molecule has 2 aliphatic heterocycles. The van der Waals surface area contributed by atoms with Crippen molar-refractivity contribution in [2.75, 3.05) is 14.1 Å². The van der Waals surface area contributed by atoms with Crippen molar-refractivity contribution < 1.29 is 14.9 Å². The first-order chi connectivity index (χ1) is 15.6. The molecule has 3 aliphatic carbocycles. The summed E-state index contributed by atoms with van der Waals surface area (Å²) in [5.41, 5.74) is 3.61. The van der Waals surface area contributed by atoms with Crippen LogP contribution in [0.25, 0.3) is 5.57 Å². The van der Waals surface area contributed by atoms with Crippen molar-refractivity contribution in [3.05, 3.63) is 59.5 Å². The fourth-order valence-corrected chi connectivity index (χ4v) is 8.04. The highest BCUT2D eigenvalue weighted by atomic mass is 16.5. The Morgan fingerprint density at radius 3 is 2.64 bits per heavy atom. The second-order valence-electron chi connectivity index (χ2n) is 11.9. The maximum atomic E-state index is 11.2. The third-order valence-corrected chi connectivity index (χ3v) is 10.0. The van der Waals surface area contributed by atoms with Crippen molar-refractivity contribution in [3.63, 3.8) is 0 Å². The molecule has 7 atom stereocenters. The molecule has 5 nitrogen and oxygen atoms in total. The van der Waals surface area contributed by atoms with Gasteiger partial charge in [-0.1, -0.05) is 45.1 Å². The van der Waals surface area contributed by atoms with E-state index in [4.69, 9.17) is 4.74 Å².